The minimum absolute atomic E-state index is 0.108. The highest BCUT2D eigenvalue weighted by molar-refractivity contribution is 5.85. The average molecular weight is 373 g/mol. The third kappa shape index (κ3) is 4.53. The van der Waals surface area contributed by atoms with Crippen molar-refractivity contribution < 1.29 is 9.59 Å². The van der Waals surface area contributed by atoms with Gasteiger partial charge in [-0.25, -0.2) is 4.98 Å². The molecule has 0 aromatic carbocycles. The first-order valence-corrected chi connectivity index (χ1v) is 9.50. The Labute approximate surface area is 158 Å². The molecule has 1 atom stereocenters. The Morgan fingerprint density at radius 1 is 1.26 bits per heavy atom. The Bertz CT molecular complexity index is 785. The number of hydrogen-bond acceptors (Lipinski definition) is 6. The van der Waals surface area contributed by atoms with Crippen molar-refractivity contribution in [2.24, 2.45) is 5.92 Å². The van der Waals surface area contributed by atoms with Gasteiger partial charge in [0.1, 0.15) is 12.4 Å². The third-order valence-corrected chi connectivity index (χ3v) is 5.19. The maximum atomic E-state index is 12.4. The molecule has 9 heteroatoms. The molecule has 27 heavy (non-hydrogen) atoms. The SMILES string of the molecule is C[C@@H](C(=O)NCCNC(=O)C1CCCCC1)N(C)c1nccn2cnnc12. The van der Waals surface area contributed by atoms with Crippen LogP contribution in [0.5, 0.6) is 0 Å². The fourth-order valence-electron chi connectivity index (χ4n) is 3.38. The summed E-state index contributed by atoms with van der Waals surface area (Å²) in [5.74, 6) is 0.696. The summed E-state index contributed by atoms with van der Waals surface area (Å²) >= 11 is 0. The van der Waals surface area contributed by atoms with Crippen LogP contribution in [0.15, 0.2) is 18.7 Å². The van der Waals surface area contributed by atoms with Crippen LogP contribution in [0.1, 0.15) is 39.0 Å². The Hall–Kier alpha value is -2.71. The lowest BCUT2D eigenvalue weighted by Gasteiger charge is -2.25. The molecule has 2 aromatic heterocycles. The van der Waals surface area contributed by atoms with E-state index in [4.69, 9.17) is 0 Å². The molecule has 146 valence electrons. The van der Waals surface area contributed by atoms with Gasteiger partial charge < -0.3 is 15.5 Å². The molecule has 0 aliphatic heterocycles. The first-order valence-electron chi connectivity index (χ1n) is 9.50. The van der Waals surface area contributed by atoms with E-state index in [1.54, 1.807) is 42.0 Å². The van der Waals surface area contributed by atoms with Crippen molar-refractivity contribution >= 4 is 23.3 Å². The van der Waals surface area contributed by atoms with E-state index in [1.807, 2.05) is 0 Å². The van der Waals surface area contributed by atoms with Crippen LogP contribution in [0.4, 0.5) is 5.82 Å². The number of carbonyl (C=O) groups excluding carboxylic acids is 2. The second kappa shape index (κ2) is 8.79. The van der Waals surface area contributed by atoms with Crippen LogP contribution in [-0.4, -0.2) is 57.6 Å². The van der Waals surface area contributed by atoms with Crippen LogP contribution in [0.25, 0.3) is 5.65 Å². The molecule has 1 fully saturated rings. The fraction of sp³-hybridized carbons (Fsp3) is 0.611. The molecule has 2 N–H and O–H groups in total. The molecule has 3 rings (SSSR count). The molecule has 1 aliphatic rings. The van der Waals surface area contributed by atoms with Crippen molar-refractivity contribution in [3.63, 3.8) is 0 Å². The topological polar surface area (TPSA) is 105 Å². The highest BCUT2D eigenvalue weighted by Crippen LogP contribution is 2.23. The van der Waals surface area contributed by atoms with Crippen molar-refractivity contribution in [3.05, 3.63) is 18.7 Å². The summed E-state index contributed by atoms with van der Waals surface area (Å²) < 4.78 is 1.75. The van der Waals surface area contributed by atoms with Crippen LogP contribution >= 0.6 is 0 Å². The second-order valence-corrected chi connectivity index (χ2v) is 7.02. The van der Waals surface area contributed by atoms with Crippen molar-refractivity contribution in [1.29, 1.82) is 0 Å². The van der Waals surface area contributed by atoms with Crippen molar-refractivity contribution in [2.75, 3.05) is 25.0 Å². The first-order chi connectivity index (χ1) is 13.1. The minimum Gasteiger partial charge on any atom is -0.354 e. The molecule has 0 radical (unpaired) electrons. The molecule has 9 nitrogen and oxygen atoms in total. The molecule has 2 amide bonds. The highest BCUT2D eigenvalue weighted by atomic mass is 16.2. The second-order valence-electron chi connectivity index (χ2n) is 7.02. The van der Waals surface area contributed by atoms with Gasteiger partial charge in [0, 0.05) is 38.4 Å². The molecule has 0 bridgehead atoms. The van der Waals surface area contributed by atoms with Gasteiger partial charge in [-0.2, -0.15) is 0 Å². The normalized spacial score (nSPS) is 16.1. The zero-order valence-corrected chi connectivity index (χ0v) is 15.9. The number of anilines is 1. The Morgan fingerprint density at radius 2 is 2.00 bits per heavy atom. The van der Waals surface area contributed by atoms with E-state index in [2.05, 4.69) is 25.8 Å². The van der Waals surface area contributed by atoms with Crippen LogP contribution < -0.4 is 15.5 Å². The Morgan fingerprint density at radius 3 is 2.78 bits per heavy atom. The molecular weight excluding hydrogens is 346 g/mol. The molecule has 0 saturated heterocycles. The standard InChI is InChI=1S/C18H27N7O2/c1-13(24(2)15-16-23-22-12-25(16)11-10-19-15)17(26)20-8-9-21-18(27)14-6-4-3-5-7-14/h10-14H,3-9H2,1-2H3,(H,20,26)(H,21,27)/t13-/m0/s1. The zero-order chi connectivity index (χ0) is 19.2. The smallest absolute Gasteiger partial charge is 0.242 e. The number of rotatable bonds is 7. The molecule has 0 unspecified atom stereocenters. The van der Waals surface area contributed by atoms with Gasteiger partial charge >= 0.3 is 0 Å². The lowest BCUT2D eigenvalue weighted by atomic mass is 9.89. The van der Waals surface area contributed by atoms with E-state index in [9.17, 15) is 9.59 Å². The maximum absolute atomic E-state index is 12.4. The summed E-state index contributed by atoms with van der Waals surface area (Å²) in [6, 6.07) is -0.436. The highest BCUT2D eigenvalue weighted by Gasteiger charge is 2.23. The van der Waals surface area contributed by atoms with Gasteiger partial charge in [-0.05, 0) is 19.8 Å². The fourth-order valence-corrected chi connectivity index (χ4v) is 3.38. The number of carbonyl (C=O) groups is 2. The number of fused-ring (bicyclic) bond motifs is 1. The van der Waals surface area contributed by atoms with Crippen LogP contribution in [-0.2, 0) is 9.59 Å². The van der Waals surface area contributed by atoms with E-state index in [-0.39, 0.29) is 17.7 Å². The van der Waals surface area contributed by atoms with Gasteiger partial charge in [0.05, 0.1) is 0 Å². The van der Waals surface area contributed by atoms with E-state index in [1.165, 1.54) is 6.42 Å². The van der Waals surface area contributed by atoms with Crippen molar-refractivity contribution in [3.8, 4) is 0 Å². The van der Waals surface area contributed by atoms with Gasteiger partial charge in [0.15, 0.2) is 5.82 Å². The van der Waals surface area contributed by atoms with Gasteiger partial charge in [0.2, 0.25) is 17.5 Å². The van der Waals surface area contributed by atoms with Gasteiger partial charge in [-0.1, -0.05) is 19.3 Å². The number of amides is 2. The van der Waals surface area contributed by atoms with E-state index >= 15 is 0 Å². The largest absolute Gasteiger partial charge is 0.354 e. The average Bonchev–Trinajstić information content (AvgIpc) is 3.19. The third-order valence-electron chi connectivity index (χ3n) is 5.19. The van der Waals surface area contributed by atoms with Gasteiger partial charge in [-0.3, -0.25) is 14.0 Å². The lowest BCUT2D eigenvalue weighted by molar-refractivity contribution is -0.126. The number of likely N-dealkylation sites (N-methyl/N-ethyl adjacent to an activating group) is 1. The predicted octanol–water partition coefficient (Wildman–Crippen LogP) is 0.762. The number of nitrogens with zero attached hydrogens (tertiary/aromatic N) is 5. The summed E-state index contributed by atoms with van der Waals surface area (Å²) in [5, 5.41) is 13.7. The maximum Gasteiger partial charge on any atom is 0.242 e. The van der Waals surface area contributed by atoms with Gasteiger partial charge in [-0.15, -0.1) is 10.2 Å². The minimum atomic E-state index is -0.436. The van der Waals surface area contributed by atoms with Crippen molar-refractivity contribution in [2.45, 2.75) is 45.1 Å². The van der Waals surface area contributed by atoms with Crippen LogP contribution in [0.3, 0.4) is 0 Å². The summed E-state index contributed by atoms with van der Waals surface area (Å²) in [4.78, 5) is 30.6. The first kappa shape index (κ1) is 19.1. The Kier molecular flexibility index (Phi) is 6.20. The molecular formula is C18H27N7O2. The molecule has 1 saturated carbocycles. The van der Waals surface area contributed by atoms with Crippen LogP contribution in [0.2, 0.25) is 0 Å². The lowest BCUT2D eigenvalue weighted by Crippen LogP contribution is -2.46. The number of hydrogen-bond donors (Lipinski definition) is 2. The number of nitrogens with one attached hydrogen (secondary N) is 2. The summed E-state index contributed by atoms with van der Waals surface area (Å²) in [6.45, 7) is 2.64. The van der Waals surface area contributed by atoms with E-state index in [0.29, 0.717) is 24.6 Å². The molecule has 1 aliphatic carbocycles. The monoisotopic (exact) mass is 373 g/mol. The van der Waals surface area contributed by atoms with E-state index < -0.39 is 6.04 Å². The summed E-state index contributed by atoms with van der Waals surface area (Å²) in [7, 11) is 1.80. The quantitative estimate of drug-likeness (QED) is 0.695. The van der Waals surface area contributed by atoms with Crippen molar-refractivity contribution in [1.82, 2.24) is 30.2 Å². The Balaban J connectivity index is 1.46. The molecule has 2 heterocycles. The number of aromatic nitrogens is 4. The predicted molar refractivity (Wildman–Crippen MR) is 101 cm³/mol. The molecule has 0 spiro atoms. The zero-order valence-electron chi connectivity index (χ0n) is 15.9. The van der Waals surface area contributed by atoms with Crippen LogP contribution in [0, 0.1) is 5.92 Å². The van der Waals surface area contributed by atoms with Gasteiger partial charge in [0.25, 0.3) is 0 Å². The van der Waals surface area contributed by atoms with E-state index in [0.717, 1.165) is 25.7 Å². The summed E-state index contributed by atoms with van der Waals surface area (Å²) in [6.07, 6.45) is 10.4. The summed E-state index contributed by atoms with van der Waals surface area (Å²) in [5.41, 5.74) is 0.597. The molecule has 2 aromatic rings.